The highest BCUT2D eigenvalue weighted by atomic mass is 19.4. The van der Waals surface area contributed by atoms with E-state index < -0.39 is 48.2 Å². The Bertz CT molecular complexity index is 923. The van der Waals surface area contributed by atoms with E-state index in [0.29, 0.717) is 36.8 Å². The van der Waals surface area contributed by atoms with Crippen molar-refractivity contribution in [3.8, 4) is 0 Å². The maximum Gasteiger partial charge on any atom is 0.418 e. The number of pyridine rings is 1. The number of carboxylic acids is 1. The topological polar surface area (TPSA) is 79.3 Å². The molecular weight excluding hydrogens is 416 g/mol. The fraction of sp³-hybridized carbons (Fsp3) is 0.409. The number of nitrogens with one attached hydrogen (secondary N) is 1. The molecule has 1 aliphatic rings. The molecule has 1 aromatic carbocycles. The number of carbonyl (C=O) groups is 2. The lowest BCUT2D eigenvalue weighted by Gasteiger charge is -2.28. The number of benzene rings is 1. The monoisotopic (exact) mass is 438 g/mol. The van der Waals surface area contributed by atoms with E-state index in [9.17, 15) is 27.2 Å². The van der Waals surface area contributed by atoms with Crippen LogP contribution in [0.4, 0.5) is 17.6 Å². The molecule has 166 valence electrons. The SMILES string of the molecule is O=C(O)C1CCC(C(=O)N[C@@H](c2ccc(CF)cc2)c2ncccc2C(F)(F)F)CC1. The number of halogens is 4. The van der Waals surface area contributed by atoms with Gasteiger partial charge in [0.2, 0.25) is 5.91 Å². The molecular formula is C22H22F4N2O3. The molecule has 3 rings (SSSR count). The van der Waals surface area contributed by atoms with Crippen LogP contribution in [-0.2, 0) is 22.4 Å². The number of aromatic nitrogens is 1. The van der Waals surface area contributed by atoms with Crippen molar-refractivity contribution in [1.82, 2.24) is 10.3 Å². The Kier molecular flexibility index (Phi) is 6.92. The van der Waals surface area contributed by atoms with Crippen LogP contribution in [0.5, 0.6) is 0 Å². The number of hydrogen-bond donors (Lipinski definition) is 2. The van der Waals surface area contributed by atoms with E-state index in [2.05, 4.69) is 10.3 Å². The summed E-state index contributed by atoms with van der Waals surface area (Å²) in [6.07, 6.45) is -2.11. The zero-order valence-corrected chi connectivity index (χ0v) is 16.5. The fourth-order valence-corrected chi connectivity index (χ4v) is 3.86. The lowest BCUT2D eigenvalue weighted by Crippen LogP contribution is -2.38. The molecule has 1 aromatic heterocycles. The van der Waals surface area contributed by atoms with Gasteiger partial charge < -0.3 is 10.4 Å². The van der Waals surface area contributed by atoms with Crippen molar-refractivity contribution >= 4 is 11.9 Å². The van der Waals surface area contributed by atoms with Crippen LogP contribution in [0.25, 0.3) is 0 Å². The van der Waals surface area contributed by atoms with E-state index in [1.54, 1.807) is 0 Å². The molecule has 1 fully saturated rings. The Morgan fingerprint density at radius 1 is 1.06 bits per heavy atom. The van der Waals surface area contributed by atoms with Crippen LogP contribution in [0.1, 0.15) is 54.1 Å². The van der Waals surface area contributed by atoms with Crippen molar-refractivity contribution in [3.05, 3.63) is 65.0 Å². The normalized spacial score (nSPS) is 20.1. The molecule has 1 saturated carbocycles. The number of rotatable bonds is 6. The van der Waals surface area contributed by atoms with Gasteiger partial charge in [0.05, 0.1) is 23.2 Å². The fourth-order valence-electron chi connectivity index (χ4n) is 3.86. The van der Waals surface area contributed by atoms with Crippen LogP contribution in [-0.4, -0.2) is 22.0 Å². The molecule has 1 amide bonds. The average molecular weight is 438 g/mol. The highest BCUT2D eigenvalue weighted by Crippen LogP contribution is 2.36. The molecule has 1 heterocycles. The minimum Gasteiger partial charge on any atom is -0.481 e. The van der Waals surface area contributed by atoms with Gasteiger partial charge in [-0.25, -0.2) is 4.39 Å². The Hall–Kier alpha value is -2.97. The van der Waals surface area contributed by atoms with Crippen molar-refractivity contribution in [2.45, 2.75) is 44.6 Å². The average Bonchev–Trinajstić information content (AvgIpc) is 2.77. The number of amides is 1. The third kappa shape index (κ3) is 5.39. The Labute approximate surface area is 176 Å². The van der Waals surface area contributed by atoms with Gasteiger partial charge in [-0.3, -0.25) is 14.6 Å². The maximum atomic E-state index is 13.6. The third-order valence-corrected chi connectivity index (χ3v) is 5.62. The molecule has 0 unspecified atom stereocenters. The number of carboxylic acid groups (broad SMARTS) is 1. The van der Waals surface area contributed by atoms with E-state index in [-0.39, 0.29) is 5.69 Å². The summed E-state index contributed by atoms with van der Waals surface area (Å²) in [6.45, 7) is -0.721. The van der Waals surface area contributed by atoms with Gasteiger partial charge in [-0.1, -0.05) is 24.3 Å². The Morgan fingerprint density at radius 2 is 1.68 bits per heavy atom. The summed E-state index contributed by atoms with van der Waals surface area (Å²) in [5.74, 6) is -2.38. The minimum atomic E-state index is -4.68. The summed E-state index contributed by atoms with van der Waals surface area (Å²) in [6, 6.07) is 6.72. The number of nitrogens with zero attached hydrogens (tertiary/aromatic N) is 1. The molecule has 5 nitrogen and oxygen atoms in total. The second-order valence-electron chi connectivity index (χ2n) is 7.64. The van der Waals surface area contributed by atoms with Crippen LogP contribution in [0, 0.1) is 11.8 Å². The summed E-state index contributed by atoms with van der Waals surface area (Å²) in [7, 11) is 0. The minimum absolute atomic E-state index is 0.334. The van der Waals surface area contributed by atoms with Gasteiger partial charge >= 0.3 is 12.1 Å². The standard InChI is InChI=1S/C22H22F4N2O3/c23-12-13-3-5-14(6-4-13)18(19-17(22(24,25)26)2-1-11-27-19)28-20(29)15-7-9-16(10-8-15)21(30)31/h1-6,11,15-16,18H,7-10,12H2,(H,28,29)(H,30,31)/t15?,16?,18-/m0/s1. The van der Waals surface area contributed by atoms with Crippen molar-refractivity contribution in [1.29, 1.82) is 0 Å². The summed E-state index contributed by atoms with van der Waals surface area (Å²) in [5.41, 5.74) is -0.619. The zero-order valence-electron chi connectivity index (χ0n) is 16.5. The van der Waals surface area contributed by atoms with Crippen LogP contribution >= 0.6 is 0 Å². The predicted molar refractivity (Wildman–Crippen MR) is 104 cm³/mol. The molecule has 0 spiro atoms. The first kappa shape index (κ1) is 22.7. The van der Waals surface area contributed by atoms with Gasteiger partial charge in [0.25, 0.3) is 0 Å². The largest absolute Gasteiger partial charge is 0.481 e. The first-order valence-electron chi connectivity index (χ1n) is 9.90. The van der Waals surface area contributed by atoms with Gasteiger partial charge in [0.1, 0.15) is 6.67 Å². The molecule has 9 heteroatoms. The molecule has 0 bridgehead atoms. The van der Waals surface area contributed by atoms with Gasteiger partial charge in [-0.2, -0.15) is 13.2 Å². The molecule has 2 aromatic rings. The number of hydrogen-bond acceptors (Lipinski definition) is 3. The van der Waals surface area contributed by atoms with Crippen molar-refractivity contribution in [2.75, 3.05) is 0 Å². The molecule has 2 N–H and O–H groups in total. The van der Waals surface area contributed by atoms with Crippen molar-refractivity contribution < 1.29 is 32.3 Å². The van der Waals surface area contributed by atoms with Crippen LogP contribution in [0.2, 0.25) is 0 Å². The first-order chi connectivity index (χ1) is 14.7. The zero-order chi connectivity index (χ0) is 22.6. The number of alkyl halides is 4. The lowest BCUT2D eigenvalue weighted by atomic mass is 9.81. The smallest absolute Gasteiger partial charge is 0.418 e. The number of aliphatic carboxylic acids is 1. The summed E-state index contributed by atoms with van der Waals surface area (Å²) in [5, 5.41) is 11.8. The Balaban J connectivity index is 1.90. The molecule has 31 heavy (non-hydrogen) atoms. The van der Waals surface area contributed by atoms with E-state index in [0.717, 1.165) is 6.07 Å². The van der Waals surface area contributed by atoms with Gasteiger partial charge in [0, 0.05) is 12.1 Å². The predicted octanol–water partition coefficient (Wildman–Crippen LogP) is 4.67. The molecule has 1 atom stereocenters. The van der Waals surface area contributed by atoms with Crippen LogP contribution in [0.3, 0.4) is 0 Å². The van der Waals surface area contributed by atoms with Crippen molar-refractivity contribution in [2.24, 2.45) is 11.8 Å². The van der Waals surface area contributed by atoms with E-state index in [4.69, 9.17) is 5.11 Å². The second-order valence-corrected chi connectivity index (χ2v) is 7.64. The first-order valence-corrected chi connectivity index (χ1v) is 9.90. The third-order valence-electron chi connectivity index (χ3n) is 5.62. The maximum absolute atomic E-state index is 13.6. The van der Waals surface area contributed by atoms with Crippen LogP contribution < -0.4 is 5.32 Å². The molecule has 0 aliphatic heterocycles. The quantitative estimate of drug-likeness (QED) is 0.643. The van der Waals surface area contributed by atoms with Crippen molar-refractivity contribution in [3.63, 3.8) is 0 Å². The van der Waals surface area contributed by atoms with Gasteiger partial charge in [-0.15, -0.1) is 0 Å². The molecule has 0 radical (unpaired) electrons. The summed E-state index contributed by atoms with van der Waals surface area (Å²) in [4.78, 5) is 27.9. The lowest BCUT2D eigenvalue weighted by molar-refractivity contribution is -0.144. The molecule has 1 aliphatic carbocycles. The highest BCUT2D eigenvalue weighted by molar-refractivity contribution is 5.80. The second kappa shape index (κ2) is 9.45. The molecule has 0 saturated heterocycles. The highest BCUT2D eigenvalue weighted by Gasteiger charge is 2.38. The summed E-state index contributed by atoms with van der Waals surface area (Å²) >= 11 is 0. The van der Waals surface area contributed by atoms with Crippen LogP contribution in [0.15, 0.2) is 42.6 Å². The van der Waals surface area contributed by atoms with E-state index in [1.165, 1.54) is 36.5 Å². The van der Waals surface area contributed by atoms with Gasteiger partial charge in [0.15, 0.2) is 0 Å². The van der Waals surface area contributed by atoms with E-state index in [1.807, 2.05) is 0 Å². The number of carbonyl (C=O) groups excluding carboxylic acids is 1. The summed E-state index contributed by atoms with van der Waals surface area (Å²) < 4.78 is 53.7. The Morgan fingerprint density at radius 3 is 2.23 bits per heavy atom. The van der Waals surface area contributed by atoms with Gasteiger partial charge in [-0.05, 0) is 48.9 Å². The van der Waals surface area contributed by atoms with E-state index >= 15 is 0 Å².